The molecule has 0 unspecified atom stereocenters. The van der Waals surface area contributed by atoms with E-state index >= 15 is 0 Å². The Balaban J connectivity index is 1.24. The van der Waals surface area contributed by atoms with E-state index in [4.69, 9.17) is 38.9 Å². The Kier molecular flexibility index (Phi) is 9.88. The second-order valence-corrected chi connectivity index (χ2v) is 16.0. The van der Waals surface area contributed by atoms with Gasteiger partial charge in [-0.05, 0) is 77.6 Å². The molecule has 0 fully saturated rings. The largest absolute Gasteiger partial charge is 0.468 e. The predicted octanol–water partition coefficient (Wildman–Crippen LogP) is 7.72. The summed E-state index contributed by atoms with van der Waals surface area (Å²) in [6, 6.07) is 31.2. The Bertz CT molecular complexity index is 2820. The topological polar surface area (TPSA) is 157 Å². The first-order chi connectivity index (χ1) is 30.0. The minimum atomic E-state index is -1.60. The van der Waals surface area contributed by atoms with Crippen molar-refractivity contribution in [1.82, 2.24) is 19.9 Å². The molecule has 0 amide bonds. The van der Waals surface area contributed by atoms with Crippen LogP contribution in [0.3, 0.4) is 0 Å². The summed E-state index contributed by atoms with van der Waals surface area (Å²) in [4.78, 5) is 74.8. The number of hydrogen-bond donors (Lipinski definition) is 0. The van der Waals surface area contributed by atoms with E-state index in [9.17, 15) is 19.2 Å². The van der Waals surface area contributed by atoms with Gasteiger partial charge in [0.05, 0.1) is 73.6 Å². The molecular weight excluding hydrogens is 785 g/mol. The molecule has 2 aliphatic carbocycles. The first-order valence-corrected chi connectivity index (χ1v) is 20.2. The number of fused-ring (bicyclic) bond motifs is 4. The van der Waals surface area contributed by atoms with Gasteiger partial charge in [-0.1, -0.05) is 66.7 Å². The Morgan fingerprint density at radius 1 is 0.435 bits per heavy atom. The first-order valence-electron chi connectivity index (χ1n) is 20.2. The lowest BCUT2D eigenvalue weighted by Gasteiger charge is -2.22. The van der Waals surface area contributed by atoms with Crippen molar-refractivity contribution in [1.29, 1.82) is 0 Å². The number of nitrogens with zero attached hydrogens (tertiary/aromatic N) is 4. The summed E-state index contributed by atoms with van der Waals surface area (Å²) < 4.78 is 20.9. The van der Waals surface area contributed by atoms with Crippen molar-refractivity contribution >= 4 is 45.7 Å². The lowest BCUT2D eigenvalue weighted by Crippen LogP contribution is -2.42. The fourth-order valence-electron chi connectivity index (χ4n) is 9.46. The van der Waals surface area contributed by atoms with E-state index in [1.165, 1.54) is 28.4 Å². The maximum absolute atomic E-state index is 13.5. The van der Waals surface area contributed by atoms with Crippen LogP contribution in [0.25, 0.3) is 67.1 Å². The predicted molar refractivity (Wildman–Crippen MR) is 232 cm³/mol. The van der Waals surface area contributed by atoms with Crippen molar-refractivity contribution in [2.75, 3.05) is 28.4 Å². The third kappa shape index (κ3) is 6.19. The van der Waals surface area contributed by atoms with Gasteiger partial charge in [0.1, 0.15) is 0 Å². The monoisotopic (exact) mass is 826 g/mol. The van der Waals surface area contributed by atoms with E-state index in [2.05, 4.69) is 0 Å². The van der Waals surface area contributed by atoms with Gasteiger partial charge in [-0.2, -0.15) is 0 Å². The smallest absolute Gasteiger partial charge is 0.323 e. The fraction of sp³-hybridized carbons (Fsp3) is 0.240. The molecule has 7 aromatic rings. The summed E-state index contributed by atoms with van der Waals surface area (Å²) in [6.07, 6.45) is 0.169. The Morgan fingerprint density at radius 3 is 1.19 bits per heavy atom. The van der Waals surface area contributed by atoms with E-state index in [-0.39, 0.29) is 25.7 Å². The zero-order valence-corrected chi connectivity index (χ0v) is 35.1. The standard InChI is InChI=1S/C50H42N4O8/c1-27-33-23-49(45(55)59-3,46(56)60-4)25-35(33)43(39-20-18-29-12-7-9-16-37(29)51-39)53-41(27)31-14-11-15-32(22-31)42-28(2)34-24-50(47(57)61-5,48(58)62-6)26-36(34)44(54-42)40-21-19-30-13-8-10-17-38(30)52-40/h7-22H,23-26H2,1-6H3. The van der Waals surface area contributed by atoms with Crippen LogP contribution in [0, 0.1) is 24.7 Å². The van der Waals surface area contributed by atoms with Crippen LogP contribution in [0.2, 0.25) is 0 Å². The van der Waals surface area contributed by atoms with Crippen molar-refractivity contribution in [2.45, 2.75) is 39.5 Å². The SMILES string of the molecule is COC(=O)C1(C(=O)OC)Cc2c(-c3ccc4ccccc4n3)nc(-c3cccc(-c4nc(-c5ccc6ccccc6n5)c5c(c4C)CC(C(=O)OC)(C(=O)OC)C5)c3)c(C)c2C1. The van der Waals surface area contributed by atoms with Gasteiger partial charge in [0.2, 0.25) is 0 Å². The van der Waals surface area contributed by atoms with Crippen molar-refractivity contribution in [3.8, 4) is 45.3 Å². The number of pyridine rings is 4. The van der Waals surface area contributed by atoms with Crippen molar-refractivity contribution in [3.63, 3.8) is 0 Å². The number of rotatable bonds is 8. The third-order valence-corrected chi connectivity index (χ3v) is 12.7. The average Bonchev–Trinajstić information content (AvgIpc) is 3.94. The van der Waals surface area contributed by atoms with Crippen molar-refractivity contribution < 1.29 is 38.1 Å². The zero-order chi connectivity index (χ0) is 43.5. The first kappa shape index (κ1) is 40.1. The number of ether oxygens (including phenoxy) is 4. The highest BCUT2D eigenvalue weighted by Crippen LogP contribution is 2.48. The van der Waals surface area contributed by atoms with E-state index < -0.39 is 34.7 Å². The molecule has 12 nitrogen and oxygen atoms in total. The van der Waals surface area contributed by atoms with Crippen molar-refractivity contribution in [3.05, 3.63) is 130 Å². The van der Waals surface area contributed by atoms with Crippen LogP contribution >= 0.6 is 0 Å². The molecule has 0 atom stereocenters. The minimum absolute atomic E-state index is 0.0299. The molecule has 3 aromatic carbocycles. The molecule has 4 aromatic heterocycles. The van der Waals surface area contributed by atoms with E-state index in [1.807, 2.05) is 111 Å². The molecule has 0 N–H and O–H groups in total. The van der Waals surface area contributed by atoms with Crippen LogP contribution in [0.15, 0.2) is 97.1 Å². The van der Waals surface area contributed by atoms with Gasteiger partial charge < -0.3 is 18.9 Å². The number of hydrogen-bond acceptors (Lipinski definition) is 12. The van der Waals surface area contributed by atoms with Crippen LogP contribution in [0.1, 0.15) is 33.4 Å². The molecule has 0 aliphatic heterocycles. The van der Waals surface area contributed by atoms with E-state index in [0.717, 1.165) is 66.3 Å². The number of carbonyl (C=O) groups is 4. The van der Waals surface area contributed by atoms with Crippen LogP contribution < -0.4 is 0 Å². The van der Waals surface area contributed by atoms with Crippen LogP contribution in [-0.4, -0.2) is 72.3 Å². The molecular formula is C50H42N4O8. The minimum Gasteiger partial charge on any atom is -0.468 e. The molecule has 0 saturated carbocycles. The fourth-order valence-corrected chi connectivity index (χ4v) is 9.46. The molecule has 0 radical (unpaired) electrons. The lowest BCUT2D eigenvalue weighted by molar-refractivity contribution is -0.170. The number of methoxy groups -OCH3 is 4. The number of para-hydroxylation sites is 2. The van der Waals surface area contributed by atoms with Crippen LogP contribution in [0.4, 0.5) is 0 Å². The highest BCUT2D eigenvalue weighted by Gasteiger charge is 2.55. The summed E-state index contributed by atoms with van der Waals surface area (Å²) in [6.45, 7) is 3.88. The Morgan fingerprint density at radius 2 is 0.806 bits per heavy atom. The van der Waals surface area contributed by atoms with Gasteiger partial charge in [-0.3, -0.25) is 19.2 Å². The Hall–Kier alpha value is -7.34. The maximum Gasteiger partial charge on any atom is 0.323 e. The van der Waals surface area contributed by atoms with E-state index in [0.29, 0.717) is 34.2 Å². The molecule has 9 rings (SSSR count). The second kappa shape index (κ2) is 15.3. The molecule has 0 saturated heterocycles. The molecule has 12 heteroatoms. The number of carbonyl (C=O) groups excluding carboxylic acids is 4. The second-order valence-electron chi connectivity index (χ2n) is 16.0. The highest BCUT2D eigenvalue weighted by molar-refractivity contribution is 6.03. The molecule has 4 heterocycles. The molecule has 62 heavy (non-hydrogen) atoms. The van der Waals surface area contributed by atoms with Gasteiger partial charge >= 0.3 is 23.9 Å². The van der Waals surface area contributed by atoms with Gasteiger partial charge in [0.15, 0.2) is 10.8 Å². The highest BCUT2D eigenvalue weighted by atomic mass is 16.6. The molecule has 0 spiro atoms. The lowest BCUT2D eigenvalue weighted by atomic mass is 9.84. The van der Waals surface area contributed by atoms with Crippen LogP contribution in [-0.2, 0) is 63.8 Å². The van der Waals surface area contributed by atoms with Crippen molar-refractivity contribution in [2.24, 2.45) is 10.8 Å². The normalized spacial score (nSPS) is 14.5. The zero-order valence-electron chi connectivity index (χ0n) is 35.1. The number of esters is 4. The summed E-state index contributed by atoms with van der Waals surface area (Å²) in [7, 11) is 5.08. The molecule has 2 aliphatic rings. The van der Waals surface area contributed by atoms with Gasteiger partial charge in [-0.25, -0.2) is 19.9 Å². The van der Waals surface area contributed by atoms with E-state index in [1.54, 1.807) is 0 Å². The summed E-state index contributed by atoms with van der Waals surface area (Å²) >= 11 is 0. The van der Waals surface area contributed by atoms with Gasteiger partial charge in [0.25, 0.3) is 0 Å². The quantitative estimate of drug-likeness (QED) is 0.0836. The van der Waals surface area contributed by atoms with Gasteiger partial charge in [0, 0.05) is 47.6 Å². The molecule has 0 bridgehead atoms. The summed E-state index contributed by atoms with van der Waals surface area (Å²) in [5, 5.41) is 1.91. The molecule has 310 valence electrons. The maximum atomic E-state index is 13.5. The Labute approximate surface area is 357 Å². The number of aromatic nitrogens is 4. The average molecular weight is 827 g/mol. The summed E-state index contributed by atoms with van der Waals surface area (Å²) in [5.74, 6) is -2.73. The summed E-state index contributed by atoms with van der Waals surface area (Å²) in [5.41, 5.74) is 7.99. The van der Waals surface area contributed by atoms with Crippen LogP contribution in [0.5, 0.6) is 0 Å². The number of benzene rings is 3. The third-order valence-electron chi connectivity index (χ3n) is 12.7. The van der Waals surface area contributed by atoms with Gasteiger partial charge in [-0.15, -0.1) is 0 Å².